The van der Waals surface area contributed by atoms with E-state index in [1.807, 2.05) is 0 Å². The fourth-order valence-electron chi connectivity index (χ4n) is 3.25. The van der Waals surface area contributed by atoms with Gasteiger partial charge in [-0.15, -0.1) is 0 Å². The zero-order chi connectivity index (χ0) is 14.4. The first-order valence-electron chi connectivity index (χ1n) is 7.30. The molecule has 1 aliphatic carbocycles. The van der Waals surface area contributed by atoms with E-state index in [0.29, 0.717) is 4.77 Å². The third-order valence-electron chi connectivity index (χ3n) is 4.23. The summed E-state index contributed by atoms with van der Waals surface area (Å²) in [5.41, 5.74) is 6.01. The van der Waals surface area contributed by atoms with E-state index >= 15 is 0 Å². The summed E-state index contributed by atoms with van der Waals surface area (Å²) in [6.07, 6.45) is 4.55. The van der Waals surface area contributed by atoms with Gasteiger partial charge >= 0.3 is 0 Å². The van der Waals surface area contributed by atoms with Crippen LogP contribution in [0.2, 0.25) is 0 Å². The summed E-state index contributed by atoms with van der Waals surface area (Å²) in [7, 11) is 0. The van der Waals surface area contributed by atoms with E-state index in [4.69, 9.17) is 17.2 Å². The van der Waals surface area contributed by atoms with Crippen LogP contribution >= 0.6 is 12.2 Å². The molecule has 2 N–H and O–H groups in total. The quantitative estimate of drug-likeness (QED) is 0.670. The van der Waals surface area contributed by atoms with Gasteiger partial charge < -0.3 is 0 Å². The van der Waals surface area contributed by atoms with Crippen molar-refractivity contribution >= 4 is 23.1 Å². The molecule has 1 aliphatic rings. The van der Waals surface area contributed by atoms with E-state index in [9.17, 15) is 0 Å². The molecule has 0 radical (unpaired) electrons. The molecule has 5 heteroatoms. The van der Waals surface area contributed by atoms with Gasteiger partial charge in [-0.3, -0.25) is 15.2 Å². The standard InChI is InChI=1S/C16H16N4S/c1-9-5-4-7-11-13(15-18-16(21)20-19-15)10-6-2-3-8-12(10)17-14(9)11/h4-5,7H,2-3,6,8H2,1H3,(H2,18,19,20,21). The van der Waals surface area contributed by atoms with Crippen molar-refractivity contribution in [3.05, 3.63) is 39.8 Å². The second kappa shape index (κ2) is 4.77. The average Bonchev–Trinajstić information content (AvgIpc) is 2.92. The van der Waals surface area contributed by atoms with Crippen molar-refractivity contribution in [2.24, 2.45) is 0 Å². The number of para-hydroxylation sites is 1. The lowest BCUT2D eigenvalue weighted by Crippen LogP contribution is -2.09. The lowest BCUT2D eigenvalue weighted by molar-refractivity contribution is 0.672. The molecule has 2 aromatic heterocycles. The minimum absolute atomic E-state index is 0.493. The van der Waals surface area contributed by atoms with Crippen LogP contribution in [0.1, 0.15) is 29.7 Å². The molecule has 4 rings (SSSR count). The van der Waals surface area contributed by atoms with Gasteiger partial charge in [-0.1, -0.05) is 18.2 Å². The number of hydrogen-bond donors (Lipinski definition) is 2. The highest BCUT2D eigenvalue weighted by Crippen LogP contribution is 2.35. The van der Waals surface area contributed by atoms with Crippen molar-refractivity contribution in [3.63, 3.8) is 0 Å². The van der Waals surface area contributed by atoms with Crippen LogP contribution in [0, 0.1) is 11.7 Å². The molecule has 106 valence electrons. The number of aryl methyl sites for hydroxylation is 2. The van der Waals surface area contributed by atoms with E-state index in [1.54, 1.807) is 0 Å². The fourth-order valence-corrected chi connectivity index (χ4v) is 3.39. The average molecular weight is 296 g/mol. The Morgan fingerprint density at radius 2 is 1.95 bits per heavy atom. The summed E-state index contributed by atoms with van der Waals surface area (Å²) < 4.78 is 0.493. The molecular weight excluding hydrogens is 280 g/mol. The van der Waals surface area contributed by atoms with Gasteiger partial charge in [0.25, 0.3) is 0 Å². The predicted octanol–water partition coefficient (Wildman–Crippen LogP) is 3.87. The fraction of sp³-hybridized carbons (Fsp3) is 0.312. The monoisotopic (exact) mass is 296 g/mol. The minimum atomic E-state index is 0.493. The van der Waals surface area contributed by atoms with Crippen LogP contribution in [0.4, 0.5) is 0 Å². The normalized spacial score (nSPS) is 14.3. The molecule has 0 fully saturated rings. The van der Waals surface area contributed by atoms with Gasteiger partial charge in [0.05, 0.1) is 5.52 Å². The molecule has 21 heavy (non-hydrogen) atoms. The van der Waals surface area contributed by atoms with Gasteiger partial charge in [0, 0.05) is 16.6 Å². The molecule has 0 amide bonds. The van der Waals surface area contributed by atoms with Crippen LogP contribution in [0.5, 0.6) is 0 Å². The summed E-state index contributed by atoms with van der Waals surface area (Å²) in [4.78, 5) is 9.38. The Labute approximate surface area is 127 Å². The van der Waals surface area contributed by atoms with Gasteiger partial charge in [-0.2, -0.15) is 4.98 Å². The highest BCUT2D eigenvalue weighted by molar-refractivity contribution is 7.71. The molecule has 0 spiro atoms. The van der Waals surface area contributed by atoms with Gasteiger partial charge in [0.15, 0.2) is 5.82 Å². The summed E-state index contributed by atoms with van der Waals surface area (Å²) in [5.74, 6) is 0.830. The Hall–Kier alpha value is -2.01. The molecule has 0 aliphatic heterocycles. The Kier molecular flexibility index (Phi) is 2.89. The Bertz CT molecular complexity index is 891. The van der Waals surface area contributed by atoms with E-state index in [2.05, 4.69) is 40.3 Å². The Morgan fingerprint density at radius 3 is 2.76 bits per heavy atom. The first kappa shape index (κ1) is 12.7. The number of nitrogens with zero attached hydrogens (tertiary/aromatic N) is 2. The lowest BCUT2D eigenvalue weighted by atomic mass is 9.89. The smallest absolute Gasteiger partial charge is 0.213 e. The summed E-state index contributed by atoms with van der Waals surface area (Å²) >= 11 is 5.12. The molecule has 3 aromatic rings. The Balaban J connectivity index is 2.15. The number of fused-ring (bicyclic) bond motifs is 2. The van der Waals surface area contributed by atoms with Crippen LogP contribution < -0.4 is 0 Å². The molecule has 1 aromatic carbocycles. The van der Waals surface area contributed by atoms with E-state index < -0.39 is 0 Å². The van der Waals surface area contributed by atoms with E-state index in [0.717, 1.165) is 29.6 Å². The number of hydrogen-bond acceptors (Lipinski definition) is 3. The van der Waals surface area contributed by atoms with Crippen molar-refractivity contribution < 1.29 is 0 Å². The van der Waals surface area contributed by atoms with Crippen molar-refractivity contribution in [1.82, 2.24) is 20.2 Å². The van der Waals surface area contributed by atoms with E-state index in [-0.39, 0.29) is 0 Å². The second-order valence-electron chi connectivity index (χ2n) is 5.61. The number of nitrogens with one attached hydrogen (secondary N) is 2. The third-order valence-corrected chi connectivity index (χ3v) is 4.43. The summed E-state index contributed by atoms with van der Waals surface area (Å²) in [5, 5.41) is 7.19. The van der Waals surface area contributed by atoms with Gasteiger partial charge in [-0.05, 0) is 56.0 Å². The maximum absolute atomic E-state index is 5.12. The van der Waals surface area contributed by atoms with Gasteiger partial charge in [0.1, 0.15) is 0 Å². The molecule has 0 saturated heterocycles. The number of H-pyrrole nitrogens is 2. The van der Waals surface area contributed by atoms with Crippen molar-refractivity contribution in [3.8, 4) is 11.4 Å². The maximum Gasteiger partial charge on any atom is 0.213 e. The van der Waals surface area contributed by atoms with Crippen LogP contribution in [-0.4, -0.2) is 20.2 Å². The zero-order valence-electron chi connectivity index (χ0n) is 11.9. The highest BCUT2D eigenvalue weighted by atomic mass is 32.1. The first-order chi connectivity index (χ1) is 10.2. The maximum atomic E-state index is 5.12. The largest absolute Gasteiger partial charge is 0.282 e. The number of rotatable bonds is 1. The van der Waals surface area contributed by atoms with Crippen LogP contribution in [0.15, 0.2) is 18.2 Å². The van der Waals surface area contributed by atoms with Crippen molar-refractivity contribution in [2.45, 2.75) is 32.6 Å². The lowest BCUT2D eigenvalue weighted by Gasteiger charge is -2.20. The number of benzene rings is 1. The van der Waals surface area contributed by atoms with Crippen LogP contribution in [0.25, 0.3) is 22.3 Å². The molecule has 0 atom stereocenters. The van der Waals surface area contributed by atoms with Crippen molar-refractivity contribution in [2.75, 3.05) is 0 Å². The second-order valence-corrected chi connectivity index (χ2v) is 5.99. The van der Waals surface area contributed by atoms with Gasteiger partial charge in [-0.25, -0.2) is 0 Å². The van der Waals surface area contributed by atoms with Crippen molar-refractivity contribution in [1.29, 1.82) is 0 Å². The Morgan fingerprint density at radius 1 is 1.10 bits per heavy atom. The topological polar surface area (TPSA) is 57.4 Å². The molecule has 0 unspecified atom stereocenters. The van der Waals surface area contributed by atoms with Crippen LogP contribution in [-0.2, 0) is 12.8 Å². The van der Waals surface area contributed by atoms with Crippen LogP contribution in [0.3, 0.4) is 0 Å². The zero-order valence-corrected chi connectivity index (χ0v) is 12.7. The molecular formula is C16H16N4S. The number of aromatic amines is 2. The minimum Gasteiger partial charge on any atom is -0.282 e. The third kappa shape index (κ3) is 2.00. The van der Waals surface area contributed by atoms with Gasteiger partial charge in [0.2, 0.25) is 4.77 Å². The SMILES string of the molecule is Cc1cccc2c(-c3nc(=S)[nH][nH]3)c3c(nc12)CCCC3. The molecule has 0 bridgehead atoms. The predicted molar refractivity (Wildman–Crippen MR) is 85.9 cm³/mol. The molecule has 0 saturated carbocycles. The highest BCUT2D eigenvalue weighted by Gasteiger charge is 2.21. The molecule has 4 nitrogen and oxygen atoms in total. The summed E-state index contributed by atoms with van der Waals surface area (Å²) in [6.45, 7) is 2.11. The summed E-state index contributed by atoms with van der Waals surface area (Å²) in [6, 6.07) is 6.32. The first-order valence-corrected chi connectivity index (χ1v) is 7.71. The van der Waals surface area contributed by atoms with E-state index in [1.165, 1.54) is 35.2 Å². The molecule has 2 heterocycles. The number of pyridine rings is 1. The number of aromatic nitrogens is 4.